The maximum absolute atomic E-state index is 6.06. The number of thiophene rings is 2. The molecule has 1 saturated carbocycles. The van der Waals surface area contributed by atoms with Gasteiger partial charge in [0.1, 0.15) is 26.4 Å². The first-order valence-electron chi connectivity index (χ1n) is 9.98. The number of ether oxygens (including phenoxy) is 4. The van der Waals surface area contributed by atoms with Crippen molar-refractivity contribution in [1.29, 1.82) is 0 Å². The Morgan fingerprint density at radius 2 is 1.00 bits per heavy atom. The Kier molecular flexibility index (Phi) is 4.57. The first-order valence-corrected chi connectivity index (χ1v) is 13.4. The molecule has 1 aliphatic carbocycles. The highest BCUT2D eigenvalue weighted by Crippen LogP contribution is 2.55. The lowest BCUT2D eigenvalue weighted by molar-refractivity contribution is 0.162. The minimum atomic E-state index is 0.241. The molecule has 0 radical (unpaired) electrons. The third kappa shape index (κ3) is 2.68. The van der Waals surface area contributed by atoms with Crippen LogP contribution in [0.3, 0.4) is 0 Å². The highest BCUT2D eigenvalue weighted by molar-refractivity contribution is 7.96. The molecular weight excluding hydrogens is 464 g/mol. The molecule has 4 aliphatic heterocycles. The van der Waals surface area contributed by atoms with Crippen LogP contribution in [0.5, 0.6) is 23.0 Å². The summed E-state index contributed by atoms with van der Waals surface area (Å²) in [5.41, 5.74) is 0. The van der Waals surface area contributed by atoms with Crippen molar-refractivity contribution in [3.8, 4) is 23.0 Å². The van der Waals surface area contributed by atoms with Gasteiger partial charge in [0.05, 0.1) is 9.75 Å². The van der Waals surface area contributed by atoms with Gasteiger partial charge in [-0.1, -0.05) is 0 Å². The van der Waals surface area contributed by atoms with Crippen molar-refractivity contribution in [2.75, 3.05) is 26.4 Å². The highest BCUT2D eigenvalue weighted by atomic mass is 32.2. The molecule has 0 spiro atoms. The summed E-state index contributed by atoms with van der Waals surface area (Å²) in [5.74, 6) is 4.12. The molecule has 3 fully saturated rings. The van der Waals surface area contributed by atoms with Crippen LogP contribution in [-0.2, 0) is 0 Å². The second-order valence-corrected chi connectivity index (χ2v) is 11.0. The Bertz CT molecular complexity index is 874. The van der Waals surface area contributed by atoms with Crippen LogP contribution in [0, 0.1) is 0 Å². The molecular formula is C18H20N4O4S4. The van der Waals surface area contributed by atoms with E-state index >= 15 is 0 Å². The third-order valence-electron chi connectivity index (χ3n) is 6.36. The van der Waals surface area contributed by atoms with Crippen molar-refractivity contribution in [2.45, 2.75) is 36.0 Å². The topological polar surface area (TPSA) is 85.0 Å². The van der Waals surface area contributed by atoms with Crippen LogP contribution in [0.25, 0.3) is 0 Å². The van der Waals surface area contributed by atoms with Crippen LogP contribution in [0.15, 0.2) is 10.8 Å². The van der Waals surface area contributed by atoms with Gasteiger partial charge < -0.3 is 18.9 Å². The molecule has 2 aromatic heterocycles. The monoisotopic (exact) mass is 484 g/mol. The number of fused-ring (bicyclic) bond motifs is 4. The van der Waals surface area contributed by atoms with Gasteiger partial charge in [-0.15, -0.1) is 22.7 Å². The molecule has 0 bridgehead atoms. The van der Waals surface area contributed by atoms with Gasteiger partial charge in [0.2, 0.25) is 0 Å². The van der Waals surface area contributed by atoms with E-state index in [4.69, 9.17) is 18.9 Å². The SMILES string of the molecule is c1sc(C2C3NSNC3C(c3scc4c3OCCO4)C3NSNC32)c2c1OCCO2. The summed E-state index contributed by atoms with van der Waals surface area (Å²) in [7, 11) is 0. The van der Waals surface area contributed by atoms with E-state index in [0.29, 0.717) is 26.4 Å². The quantitative estimate of drug-likeness (QED) is 0.476. The Balaban J connectivity index is 1.31. The molecule has 5 aliphatic rings. The number of rotatable bonds is 2. The van der Waals surface area contributed by atoms with E-state index in [-0.39, 0.29) is 36.0 Å². The second kappa shape index (κ2) is 7.34. The van der Waals surface area contributed by atoms with Crippen molar-refractivity contribution in [1.82, 2.24) is 18.9 Å². The molecule has 4 N–H and O–H groups in total. The summed E-state index contributed by atoms with van der Waals surface area (Å²) in [5, 5.41) is 4.18. The molecule has 160 valence electrons. The van der Waals surface area contributed by atoms with Gasteiger partial charge in [-0.2, -0.15) is 0 Å². The van der Waals surface area contributed by atoms with E-state index in [1.165, 1.54) is 9.75 Å². The maximum atomic E-state index is 6.06. The molecule has 4 unspecified atom stereocenters. The normalized spacial score (nSPS) is 36.4. The van der Waals surface area contributed by atoms with Gasteiger partial charge in [-0.3, -0.25) is 0 Å². The van der Waals surface area contributed by atoms with Crippen molar-refractivity contribution < 1.29 is 18.9 Å². The molecule has 8 nitrogen and oxygen atoms in total. The van der Waals surface area contributed by atoms with E-state index in [1.807, 2.05) is 0 Å². The van der Waals surface area contributed by atoms with E-state index < -0.39 is 0 Å². The zero-order valence-corrected chi connectivity index (χ0v) is 19.0. The first-order chi connectivity index (χ1) is 14.9. The lowest BCUT2D eigenvalue weighted by atomic mass is 9.68. The minimum Gasteiger partial charge on any atom is -0.485 e. The summed E-state index contributed by atoms with van der Waals surface area (Å²) in [6, 6.07) is 0.962. The number of hydrogen-bond acceptors (Lipinski definition) is 12. The fourth-order valence-corrected chi connectivity index (χ4v) is 9.25. The fraction of sp³-hybridized carbons (Fsp3) is 0.556. The molecule has 6 heterocycles. The van der Waals surface area contributed by atoms with E-state index in [9.17, 15) is 0 Å². The van der Waals surface area contributed by atoms with Gasteiger partial charge in [-0.25, -0.2) is 18.9 Å². The largest absolute Gasteiger partial charge is 0.485 e. The van der Waals surface area contributed by atoms with E-state index in [1.54, 1.807) is 46.9 Å². The van der Waals surface area contributed by atoms with Crippen LogP contribution < -0.4 is 37.8 Å². The maximum Gasteiger partial charge on any atom is 0.175 e. The average Bonchev–Trinajstić information content (AvgIpc) is 3.57. The number of nitrogens with one attached hydrogen (secondary N) is 4. The summed E-state index contributed by atoms with van der Waals surface area (Å²) in [4.78, 5) is 2.52. The smallest absolute Gasteiger partial charge is 0.175 e. The summed E-state index contributed by atoms with van der Waals surface area (Å²) in [6.07, 6.45) is 0. The van der Waals surface area contributed by atoms with E-state index in [0.717, 1.165) is 23.0 Å². The molecule has 2 saturated heterocycles. The van der Waals surface area contributed by atoms with Gasteiger partial charge >= 0.3 is 0 Å². The fourth-order valence-electron chi connectivity index (χ4n) is 5.14. The second-order valence-electron chi connectivity index (χ2n) is 7.81. The van der Waals surface area contributed by atoms with Crippen LogP contribution in [0.1, 0.15) is 21.6 Å². The average molecular weight is 485 g/mol. The Labute approximate surface area is 190 Å². The Morgan fingerprint density at radius 1 is 0.600 bits per heavy atom. The summed E-state index contributed by atoms with van der Waals surface area (Å²) in [6.45, 7) is 2.44. The van der Waals surface area contributed by atoms with Crippen molar-refractivity contribution in [2.24, 2.45) is 0 Å². The predicted octanol–water partition coefficient (Wildman–Crippen LogP) is 2.22. The standard InChI is InChI=1S/C18H20N4O4S4/c1-3-25-15-7(23-1)5-27-17(15)9-11-13(21-29-19-11)10(14-12(9)20-30-22-14)18-16-8(6-28-18)24-2-4-26-16/h5-6,9-14,19-22H,1-4H2. The number of hydrogen-bond donors (Lipinski definition) is 4. The van der Waals surface area contributed by atoms with Crippen molar-refractivity contribution >= 4 is 46.9 Å². The minimum absolute atomic E-state index is 0.241. The van der Waals surface area contributed by atoms with Crippen molar-refractivity contribution in [3.63, 3.8) is 0 Å². The molecule has 2 aromatic rings. The molecule has 12 heteroatoms. The Morgan fingerprint density at radius 3 is 1.43 bits per heavy atom. The van der Waals surface area contributed by atoms with Gasteiger partial charge in [0.25, 0.3) is 0 Å². The van der Waals surface area contributed by atoms with Crippen LogP contribution >= 0.6 is 46.9 Å². The lowest BCUT2D eigenvalue weighted by Crippen LogP contribution is -2.61. The lowest BCUT2D eigenvalue weighted by Gasteiger charge is -2.45. The van der Waals surface area contributed by atoms with Gasteiger partial charge in [0, 0.05) is 71.0 Å². The first kappa shape index (κ1) is 18.7. The van der Waals surface area contributed by atoms with Crippen LogP contribution in [0.2, 0.25) is 0 Å². The molecule has 30 heavy (non-hydrogen) atoms. The van der Waals surface area contributed by atoms with E-state index in [2.05, 4.69) is 29.6 Å². The summed E-state index contributed by atoms with van der Waals surface area (Å²) < 4.78 is 38.4. The molecule has 0 amide bonds. The molecule has 7 rings (SSSR count). The van der Waals surface area contributed by atoms with Crippen LogP contribution in [-0.4, -0.2) is 50.6 Å². The summed E-state index contributed by atoms with van der Waals surface area (Å²) >= 11 is 6.69. The van der Waals surface area contributed by atoms with Gasteiger partial charge in [0.15, 0.2) is 23.0 Å². The molecule has 4 atom stereocenters. The van der Waals surface area contributed by atoms with Crippen LogP contribution in [0.4, 0.5) is 0 Å². The highest BCUT2D eigenvalue weighted by Gasteiger charge is 2.58. The zero-order chi connectivity index (χ0) is 19.7. The third-order valence-corrected chi connectivity index (χ3v) is 10.0. The van der Waals surface area contributed by atoms with Crippen molar-refractivity contribution in [3.05, 3.63) is 20.5 Å². The molecule has 0 aromatic carbocycles. The Hall–Kier alpha value is -0.860. The van der Waals surface area contributed by atoms with Gasteiger partial charge in [-0.05, 0) is 0 Å². The predicted molar refractivity (Wildman–Crippen MR) is 119 cm³/mol. The zero-order valence-electron chi connectivity index (χ0n) is 15.7.